The van der Waals surface area contributed by atoms with Gasteiger partial charge < -0.3 is 9.80 Å². The maximum absolute atomic E-state index is 6.15. The molecule has 150 valence electrons. The van der Waals surface area contributed by atoms with Gasteiger partial charge in [-0.25, -0.2) is 0 Å². The first-order valence-corrected chi connectivity index (χ1v) is 9.82. The zero-order valence-corrected chi connectivity index (χ0v) is 18.0. The first-order valence-electron chi connectivity index (χ1n) is 9.29. The minimum Gasteiger partial charge on any atom is -0.378 e. The van der Waals surface area contributed by atoms with Crippen LogP contribution in [0.3, 0.4) is 0 Å². The lowest BCUT2D eigenvalue weighted by Gasteiger charge is -2.11. The number of imidazole rings is 1. The van der Waals surface area contributed by atoms with Crippen molar-refractivity contribution >= 4 is 35.4 Å². The summed E-state index contributed by atoms with van der Waals surface area (Å²) in [5, 5.41) is 9.04. The average Bonchev–Trinajstić information content (AvgIpc) is 3.13. The van der Waals surface area contributed by atoms with E-state index < -0.39 is 0 Å². The molecule has 0 saturated heterocycles. The summed E-state index contributed by atoms with van der Waals surface area (Å²) in [7, 11) is 8.08. The van der Waals surface area contributed by atoms with Gasteiger partial charge in [0.05, 0.1) is 12.4 Å². The maximum Gasteiger partial charge on any atom is 0.322 e. The highest BCUT2D eigenvalue weighted by molar-refractivity contribution is 6.16. The molecule has 7 heteroatoms. The largest absolute Gasteiger partial charge is 0.378 e. The monoisotopic (exact) mass is 409 g/mol. The maximum atomic E-state index is 6.15. The summed E-state index contributed by atoms with van der Waals surface area (Å²) in [6.45, 7) is 0. The van der Waals surface area contributed by atoms with E-state index in [2.05, 4.69) is 44.3 Å². The van der Waals surface area contributed by atoms with Gasteiger partial charge in [0, 0.05) is 39.6 Å². The fourth-order valence-corrected chi connectivity index (χ4v) is 2.96. The van der Waals surface area contributed by atoms with E-state index in [0.717, 1.165) is 28.3 Å². The van der Waals surface area contributed by atoms with E-state index in [1.54, 1.807) is 9.35 Å². The molecule has 0 radical (unpaired) electrons. The van der Waals surface area contributed by atoms with E-state index in [9.17, 15) is 0 Å². The number of anilines is 2. The molecule has 0 aliphatic heterocycles. The van der Waals surface area contributed by atoms with E-state index in [-0.39, 0.29) is 0 Å². The summed E-state index contributed by atoms with van der Waals surface area (Å²) < 4.78 is 3.47. The summed E-state index contributed by atoms with van der Waals surface area (Å²) in [6.07, 6.45) is 7.30. The second kappa shape index (κ2) is 9.39. The summed E-state index contributed by atoms with van der Waals surface area (Å²) >= 11 is 6.15. The molecular formula is C22H26ClN6+. The molecule has 3 rings (SSSR count). The van der Waals surface area contributed by atoms with Crippen LogP contribution < -0.4 is 14.5 Å². The molecule has 0 N–H and O–H groups in total. The molecule has 0 amide bonds. The van der Waals surface area contributed by atoms with Crippen LogP contribution in [-0.2, 0) is 5.88 Å². The Morgan fingerprint density at radius 3 is 1.86 bits per heavy atom. The SMILES string of the molecule is CN(C)c1ccc(C=Nn2cc[n+](N=Cc3ccc(N(C)C)cc3)c2CCl)cc1. The average molecular weight is 410 g/mol. The van der Waals surface area contributed by atoms with E-state index in [1.807, 2.05) is 77.3 Å². The topological polar surface area (TPSA) is 40.0 Å². The van der Waals surface area contributed by atoms with Crippen molar-refractivity contribution in [3.05, 3.63) is 77.9 Å². The second-order valence-electron chi connectivity index (χ2n) is 7.00. The van der Waals surface area contributed by atoms with Gasteiger partial charge in [0.1, 0.15) is 5.88 Å². The minimum absolute atomic E-state index is 0.292. The van der Waals surface area contributed by atoms with E-state index in [0.29, 0.717) is 5.88 Å². The predicted octanol–water partition coefficient (Wildman–Crippen LogP) is 3.41. The third-order valence-electron chi connectivity index (χ3n) is 4.48. The van der Waals surface area contributed by atoms with Gasteiger partial charge in [0.2, 0.25) is 0 Å². The molecule has 3 aromatic rings. The normalized spacial score (nSPS) is 11.5. The zero-order chi connectivity index (χ0) is 20.8. The fraction of sp³-hybridized carbons (Fsp3) is 0.227. The molecule has 0 unspecified atom stereocenters. The van der Waals surface area contributed by atoms with Crippen LogP contribution in [0.4, 0.5) is 11.4 Å². The Kier molecular flexibility index (Phi) is 6.67. The van der Waals surface area contributed by atoms with Crippen LogP contribution >= 0.6 is 11.6 Å². The molecule has 2 aromatic carbocycles. The highest BCUT2D eigenvalue weighted by atomic mass is 35.5. The smallest absolute Gasteiger partial charge is 0.322 e. The Balaban J connectivity index is 1.75. The van der Waals surface area contributed by atoms with Gasteiger partial charge in [0.15, 0.2) is 12.4 Å². The highest BCUT2D eigenvalue weighted by Crippen LogP contribution is 2.12. The van der Waals surface area contributed by atoms with Crippen molar-refractivity contribution in [1.29, 1.82) is 0 Å². The molecule has 29 heavy (non-hydrogen) atoms. The van der Waals surface area contributed by atoms with E-state index in [4.69, 9.17) is 11.6 Å². The summed E-state index contributed by atoms with van der Waals surface area (Å²) in [6, 6.07) is 16.4. The zero-order valence-electron chi connectivity index (χ0n) is 17.2. The third kappa shape index (κ3) is 5.23. The molecule has 6 nitrogen and oxygen atoms in total. The van der Waals surface area contributed by atoms with Crippen molar-refractivity contribution in [2.75, 3.05) is 38.0 Å². The van der Waals surface area contributed by atoms with E-state index in [1.165, 1.54) is 0 Å². The molecular weight excluding hydrogens is 384 g/mol. The van der Waals surface area contributed by atoms with Crippen molar-refractivity contribution < 1.29 is 4.68 Å². The Bertz CT molecular complexity index is 906. The van der Waals surface area contributed by atoms with Crippen LogP contribution in [0.25, 0.3) is 0 Å². The number of halogens is 1. The number of hydrogen-bond acceptors (Lipinski definition) is 4. The Morgan fingerprint density at radius 2 is 1.38 bits per heavy atom. The summed E-state index contributed by atoms with van der Waals surface area (Å²) in [5.74, 6) is 1.06. The first-order chi connectivity index (χ1) is 14.0. The van der Waals surface area contributed by atoms with Crippen molar-refractivity contribution in [3.8, 4) is 0 Å². The number of hydrogen-bond donors (Lipinski definition) is 0. The second-order valence-corrected chi connectivity index (χ2v) is 7.27. The van der Waals surface area contributed by atoms with Crippen LogP contribution in [0.2, 0.25) is 0 Å². The molecule has 0 aliphatic rings. The Hall–Kier alpha value is -3.12. The van der Waals surface area contributed by atoms with E-state index >= 15 is 0 Å². The van der Waals surface area contributed by atoms with Gasteiger partial charge in [-0.3, -0.25) is 0 Å². The van der Waals surface area contributed by atoms with Crippen molar-refractivity contribution in [3.63, 3.8) is 0 Å². The minimum atomic E-state index is 0.292. The molecule has 1 aromatic heterocycles. The molecule has 0 spiro atoms. The van der Waals surface area contributed by atoms with Gasteiger partial charge in [-0.05, 0) is 35.4 Å². The number of alkyl halides is 1. The third-order valence-corrected chi connectivity index (χ3v) is 4.72. The van der Waals surface area contributed by atoms with Gasteiger partial charge >= 0.3 is 5.82 Å². The fourth-order valence-electron chi connectivity index (χ4n) is 2.71. The summed E-state index contributed by atoms with van der Waals surface area (Å²) in [4.78, 5) is 4.13. The summed E-state index contributed by atoms with van der Waals surface area (Å²) in [5.41, 5.74) is 4.33. The molecule has 0 bridgehead atoms. The standard InChI is InChI=1S/C22H26ClN6/c1-26(2)20-9-5-18(6-10-20)16-24-28-13-14-29(22(28)15-23)25-17-19-7-11-21(12-8-19)27(3)4/h5-14,16-17H,15H2,1-4H3/q+1. The lowest BCUT2D eigenvalue weighted by atomic mass is 10.2. The molecule has 0 atom stereocenters. The lowest BCUT2D eigenvalue weighted by molar-refractivity contribution is -0.684. The van der Waals surface area contributed by atoms with Gasteiger partial charge in [-0.15, -0.1) is 21.0 Å². The Morgan fingerprint density at radius 1 is 0.862 bits per heavy atom. The van der Waals surface area contributed by atoms with Gasteiger partial charge in [0.25, 0.3) is 0 Å². The van der Waals surface area contributed by atoms with Crippen LogP contribution in [0, 0.1) is 0 Å². The number of rotatable bonds is 7. The van der Waals surface area contributed by atoms with Crippen LogP contribution in [0.5, 0.6) is 0 Å². The van der Waals surface area contributed by atoms with Crippen LogP contribution in [0.15, 0.2) is 71.1 Å². The molecule has 1 heterocycles. The lowest BCUT2D eigenvalue weighted by Crippen LogP contribution is -2.30. The van der Waals surface area contributed by atoms with Gasteiger partial charge in [-0.2, -0.15) is 0 Å². The van der Waals surface area contributed by atoms with Crippen molar-refractivity contribution in [2.45, 2.75) is 5.88 Å². The predicted molar refractivity (Wildman–Crippen MR) is 122 cm³/mol. The quantitative estimate of drug-likeness (QED) is 0.341. The molecule has 0 aliphatic carbocycles. The molecule has 0 saturated carbocycles. The first kappa shape index (κ1) is 20.6. The van der Waals surface area contributed by atoms with Crippen LogP contribution in [-0.4, -0.2) is 45.3 Å². The Labute approximate surface area is 177 Å². The number of aromatic nitrogens is 2. The van der Waals surface area contributed by atoms with Gasteiger partial charge in [-0.1, -0.05) is 34.5 Å². The van der Waals surface area contributed by atoms with Crippen molar-refractivity contribution in [1.82, 2.24) is 4.68 Å². The highest BCUT2D eigenvalue weighted by Gasteiger charge is 2.15. The number of nitrogens with zero attached hydrogens (tertiary/aromatic N) is 6. The van der Waals surface area contributed by atoms with Crippen LogP contribution in [0.1, 0.15) is 17.0 Å². The van der Waals surface area contributed by atoms with Crippen molar-refractivity contribution in [2.24, 2.45) is 10.2 Å². The number of benzene rings is 2. The molecule has 0 fully saturated rings.